The Bertz CT molecular complexity index is 520. The molecule has 1 aromatic carbocycles. The number of ether oxygens (including phenoxy) is 2. The average molecular weight is 328 g/mol. The molecule has 4 nitrogen and oxygen atoms in total. The second-order valence-corrected chi connectivity index (χ2v) is 6.12. The monoisotopic (exact) mass is 327 g/mol. The molecule has 1 aromatic rings. The second-order valence-electron chi connectivity index (χ2n) is 5.71. The van der Waals surface area contributed by atoms with Crippen molar-refractivity contribution in [2.75, 3.05) is 26.3 Å². The minimum Gasteiger partial charge on any atom is -0.379 e. The number of carbonyl (C=O) groups is 1. The Kier molecular flexibility index (Phi) is 4.96. The van der Waals surface area contributed by atoms with E-state index >= 15 is 0 Å². The number of hydrogen-bond acceptors (Lipinski definition) is 3. The van der Waals surface area contributed by atoms with Crippen molar-refractivity contribution in [3.8, 4) is 0 Å². The van der Waals surface area contributed by atoms with E-state index < -0.39 is 5.82 Å². The number of benzene rings is 1. The highest BCUT2D eigenvalue weighted by molar-refractivity contribution is 6.33. The van der Waals surface area contributed by atoms with Crippen molar-refractivity contribution in [3.05, 3.63) is 34.6 Å². The second kappa shape index (κ2) is 6.94. The zero-order valence-electron chi connectivity index (χ0n) is 12.3. The Hall–Kier alpha value is -1.17. The van der Waals surface area contributed by atoms with Crippen LogP contribution in [0.5, 0.6) is 0 Å². The van der Waals surface area contributed by atoms with Gasteiger partial charge in [0.05, 0.1) is 29.4 Å². The maximum Gasteiger partial charge on any atom is 0.258 e. The van der Waals surface area contributed by atoms with E-state index in [1.165, 1.54) is 18.2 Å². The fourth-order valence-electron chi connectivity index (χ4n) is 2.95. The van der Waals surface area contributed by atoms with Gasteiger partial charge in [-0.1, -0.05) is 17.7 Å². The molecule has 2 aliphatic heterocycles. The number of rotatable bonds is 3. The quantitative estimate of drug-likeness (QED) is 0.857. The van der Waals surface area contributed by atoms with Gasteiger partial charge in [0.25, 0.3) is 5.91 Å². The normalized spacial score (nSPS) is 23.0. The maximum atomic E-state index is 13.8. The van der Waals surface area contributed by atoms with Crippen LogP contribution in [-0.4, -0.2) is 49.3 Å². The van der Waals surface area contributed by atoms with Crippen LogP contribution in [0.3, 0.4) is 0 Å². The summed E-state index contributed by atoms with van der Waals surface area (Å²) in [6, 6.07) is 4.29. The molecule has 0 bridgehead atoms. The summed E-state index contributed by atoms with van der Waals surface area (Å²) in [4.78, 5) is 14.1. The smallest absolute Gasteiger partial charge is 0.258 e. The van der Waals surface area contributed by atoms with E-state index in [4.69, 9.17) is 21.1 Å². The topological polar surface area (TPSA) is 38.8 Å². The lowest BCUT2D eigenvalue weighted by Gasteiger charge is -2.33. The third-order valence-electron chi connectivity index (χ3n) is 4.18. The lowest BCUT2D eigenvalue weighted by atomic mass is 10.1. The van der Waals surface area contributed by atoms with E-state index in [9.17, 15) is 9.18 Å². The van der Waals surface area contributed by atoms with E-state index in [1.807, 2.05) is 0 Å². The van der Waals surface area contributed by atoms with E-state index in [2.05, 4.69) is 0 Å². The number of likely N-dealkylation sites (tertiary alicyclic amines) is 1. The van der Waals surface area contributed by atoms with Crippen LogP contribution in [0.4, 0.5) is 4.39 Å². The average Bonchev–Trinajstić information content (AvgIpc) is 3.00. The summed E-state index contributed by atoms with van der Waals surface area (Å²) < 4.78 is 25.1. The Balaban J connectivity index is 1.57. The molecule has 1 atom stereocenters. The van der Waals surface area contributed by atoms with Gasteiger partial charge in [-0.15, -0.1) is 0 Å². The lowest BCUT2D eigenvalue weighted by molar-refractivity contribution is -0.0408. The Morgan fingerprint density at radius 2 is 2.05 bits per heavy atom. The van der Waals surface area contributed by atoms with E-state index in [1.54, 1.807) is 4.90 Å². The number of hydrogen-bond donors (Lipinski definition) is 0. The molecular weight excluding hydrogens is 309 g/mol. The Labute approximate surface area is 134 Å². The molecule has 2 fully saturated rings. The maximum absolute atomic E-state index is 13.8. The summed E-state index contributed by atoms with van der Waals surface area (Å²) >= 11 is 5.96. The first-order valence-electron chi connectivity index (χ1n) is 7.61. The molecule has 0 saturated carbocycles. The van der Waals surface area contributed by atoms with Gasteiger partial charge in [-0.25, -0.2) is 4.39 Å². The van der Waals surface area contributed by atoms with Crippen LogP contribution in [0.2, 0.25) is 5.02 Å². The third kappa shape index (κ3) is 3.42. The highest BCUT2D eigenvalue weighted by Gasteiger charge is 2.29. The number of halogens is 2. The van der Waals surface area contributed by atoms with Crippen LogP contribution in [-0.2, 0) is 9.47 Å². The molecule has 0 N–H and O–H groups in total. The molecule has 22 heavy (non-hydrogen) atoms. The fourth-order valence-corrected chi connectivity index (χ4v) is 3.19. The van der Waals surface area contributed by atoms with Crippen molar-refractivity contribution in [3.63, 3.8) is 0 Å². The summed E-state index contributed by atoms with van der Waals surface area (Å²) in [5.74, 6) is -0.912. The minimum absolute atomic E-state index is 0.0345. The van der Waals surface area contributed by atoms with Crippen molar-refractivity contribution < 1.29 is 18.7 Å². The van der Waals surface area contributed by atoms with Crippen LogP contribution in [0.1, 0.15) is 29.6 Å². The molecule has 0 aliphatic carbocycles. The molecule has 0 aromatic heterocycles. The van der Waals surface area contributed by atoms with Crippen LogP contribution < -0.4 is 0 Å². The highest BCUT2D eigenvalue weighted by atomic mass is 35.5. The zero-order chi connectivity index (χ0) is 15.5. The van der Waals surface area contributed by atoms with Crippen molar-refractivity contribution in [1.82, 2.24) is 4.90 Å². The van der Waals surface area contributed by atoms with Crippen LogP contribution in [0.25, 0.3) is 0 Å². The van der Waals surface area contributed by atoms with Gasteiger partial charge in [-0.05, 0) is 31.4 Å². The molecule has 0 unspecified atom stereocenters. The van der Waals surface area contributed by atoms with Crippen LogP contribution in [0.15, 0.2) is 18.2 Å². The summed E-state index contributed by atoms with van der Waals surface area (Å²) in [7, 11) is 0. The Morgan fingerprint density at radius 1 is 1.27 bits per heavy atom. The lowest BCUT2D eigenvalue weighted by Crippen LogP contribution is -2.42. The standard InChI is InChI=1S/C16H19ClFNO3/c17-13-2-1-3-14(18)15(13)16(20)19-7-4-11(5-8-19)22-12-6-9-21-10-12/h1-3,11-12H,4-10H2/t12-/m0/s1. The third-order valence-corrected chi connectivity index (χ3v) is 4.49. The molecule has 120 valence electrons. The van der Waals surface area contributed by atoms with Gasteiger partial charge in [-0.2, -0.15) is 0 Å². The van der Waals surface area contributed by atoms with Gasteiger partial charge in [0.15, 0.2) is 0 Å². The summed E-state index contributed by atoms with van der Waals surface area (Å²) in [6.45, 7) is 2.53. The molecule has 3 rings (SSSR count). The Morgan fingerprint density at radius 3 is 2.68 bits per heavy atom. The van der Waals surface area contributed by atoms with Crippen molar-refractivity contribution in [1.29, 1.82) is 0 Å². The largest absolute Gasteiger partial charge is 0.379 e. The highest BCUT2D eigenvalue weighted by Crippen LogP contribution is 2.24. The summed E-state index contributed by atoms with van der Waals surface area (Å²) in [5, 5.41) is 0.159. The molecule has 0 radical (unpaired) electrons. The first-order valence-corrected chi connectivity index (χ1v) is 7.99. The van der Waals surface area contributed by atoms with Gasteiger partial charge < -0.3 is 14.4 Å². The number of carbonyl (C=O) groups excluding carboxylic acids is 1. The number of amides is 1. The first kappa shape index (κ1) is 15.7. The van der Waals surface area contributed by atoms with Crippen molar-refractivity contribution in [2.45, 2.75) is 31.5 Å². The van der Waals surface area contributed by atoms with Crippen LogP contribution >= 0.6 is 11.6 Å². The molecular formula is C16H19ClFNO3. The molecule has 2 saturated heterocycles. The van der Waals surface area contributed by atoms with Gasteiger partial charge in [-0.3, -0.25) is 4.79 Å². The van der Waals surface area contributed by atoms with Gasteiger partial charge in [0, 0.05) is 19.7 Å². The van der Waals surface area contributed by atoms with Gasteiger partial charge >= 0.3 is 0 Å². The summed E-state index contributed by atoms with van der Waals surface area (Å²) in [6.07, 6.45) is 2.77. The van der Waals surface area contributed by atoms with Crippen molar-refractivity contribution in [2.24, 2.45) is 0 Å². The minimum atomic E-state index is -0.570. The summed E-state index contributed by atoms with van der Waals surface area (Å²) in [5.41, 5.74) is -0.0345. The number of piperidine rings is 1. The van der Waals surface area contributed by atoms with Crippen LogP contribution in [0, 0.1) is 5.82 Å². The fraction of sp³-hybridized carbons (Fsp3) is 0.562. The molecule has 6 heteroatoms. The molecule has 1 amide bonds. The van der Waals surface area contributed by atoms with Crippen molar-refractivity contribution >= 4 is 17.5 Å². The predicted octanol–water partition coefficient (Wildman–Crippen LogP) is 2.89. The zero-order valence-corrected chi connectivity index (χ0v) is 13.0. The molecule has 0 spiro atoms. The van der Waals surface area contributed by atoms with E-state index in [-0.39, 0.29) is 28.7 Å². The number of nitrogens with zero attached hydrogens (tertiary/aromatic N) is 1. The first-order chi connectivity index (χ1) is 10.6. The molecule has 2 heterocycles. The van der Waals surface area contributed by atoms with E-state index in [0.717, 1.165) is 25.9 Å². The molecule has 2 aliphatic rings. The van der Waals surface area contributed by atoms with Gasteiger partial charge in [0.1, 0.15) is 5.82 Å². The van der Waals surface area contributed by atoms with Gasteiger partial charge in [0.2, 0.25) is 0 Å². The SMILES string of the molecule is O=C(c1c(F)cccc1Cl)N1CCC(O[C@H]2CCOC2)CC1. The van der Waals surface area contributed by atoms with E-state index in [0.29, 0.717) is 19.7 Å². The predicted molar refractivity (Wildman–Crippen MR) is 80.6 cm³/mol.